The summed E-state index contributed by atoms with van der Waals surface area (Å²) in [5.74, 6) is 2.65. The number of aromatic nitrogens is 6. The zero-order chi connectivity index (χ0) is 50.6. The Morgan fingerprint density at radius 1 is 0.260 bits per heavy atom. The highest BCUT2D eigenvalue weighted by atomic mass is 15.1. The van der Waals surface area contributed by atoms with Gasteiger partial charge in [0.25, 0.3) is 0 Å². The lowest BCUT2D eigenvalue weighted by Gasteiger charge is -2.30. The molecular formula is C71H44N6. The Kier molecular flexibility index (Phi) is 9.45. The van der Waals surface area contributed by atoms with Crippen molar-refractivity contribution in [1.29, 1.82) is 0 Å². The molecule has 77 heavy (non-hydrogen) atoms. The van der Waals surface area contributed by atoms with E-state index in [4.69, 9.17) is 19.9 Å². The first-order valence-corrected chi connectivity index (χ1v) is 26.2. The van der Waals surface area contributed by atoms with Gasteiger partial charge in [-0.3, -0.25) is 4.57 Å². The van der Waals surface area contributed by atoms with Gasteiger partial charge in [-0.25, -0.2) is 19.9 Å². The molecule has 3 aromatic heterocycles. The number of rotatable bonds is 7. The van der Waals surface area contributed by atoms with E-state index in [1.165, 1.54) is 66.3 Å². The van der Waals surface area contributed by atoms with E-state index in [-0.39, 0.29) is 0 Å². The van der Waals surface area contributed by atoms with Crippen LogP contribution in [0.2, 0.25) is 0 Å². The van der Waals surface area contributed by atoms with Gasteiger partial charge < -0.3 is 4.57 Å². The predicted molar refractivity (Wildman–Crippen MR) is 312 cm³/mol. The van der Waals surface area contributed by atoms with Gasteiger partial charge >= 0.3 is 0 Å². The molecule has 0 N–H and O–H groups in total. The average Bonchev–Trinajstić information content (AvgIpc) is 3.99. The number of benzene rings is 11. The topological polar surface area (TPSA) is 61.4 Å². The molecule has 3 heterocycles. The van der Waals surface area contributed by atoms with Crippen LogP contribution < -0.4 is 0 Å². The lowest BCUT2D eigenvalue weighted by molar-refractivity contribution is 0.794. The van der Waals surface area contributed by atoms with Gasteiger partial charge in [-0.15, -0.1) is 0 Å². The van der Waals surface area contributed by atoms with E-state index in [9.17, 15) is 0 Å². The zero-order valence-electron chi connectivity index (χ0n) is 41.6. The SMILES string of the molecule is c1ccc(-c2nc3ccccc3n2-c2cccc(-c3nc(-c4ccc(-c5ccc6c(c5)c5ccccc5n6-c5ccccc5)cc4)nc(-c4ccc5c(c4)-c4ccccc4C54c5ccccc5-c5ccccc54)n3)c2)cc1. The summed E-state index contributed by atoms with van der Waals surface area (Å²) in [4.78, 5) is 21.3. The van der Waals surface area contributed by atoms with Gasteiger partial charge in [0.15, 0.2) is 17.5 Å². The van der Waals surface area contributed by atoms with Crippen LogP contribution in [0.15, 0.2) is 267 Å². The highest BCUT2D eigenvalue weighted by Crippen LogP contribution is 2.63. The molecule has 0 fully saturated rings. The maximum Gasteiger partial charge on any atom is 0.164 e. The lowest BCUT2D eigenvalue weighted by atomic mass is 9.70. The van der Waals surface area contributed by atoms with Crippen LogP contribution in [0.5, 0.6) is 0 Å². The molecule has 11 aromatic carbocycles. The van der Waals surface area contributed by atoms with E-state index < -0.39 is 5.41 Å². The number of hydrogen-bond acceptors (Lipinski definition) is 4. The van der Waals surface area contributed by atoms with Crippen LogP contribution in [0.3, 0.4) is 0 Å². The number of fused-ring (bicyclic) bond motifs is 14. The van der Waals surface area contributed by atoms with Gasteiger partial charge in [0.1, 0.15) is 5.82 Å². The molecule has 2 aliphatic carbocycles. The highest BCUT2D eigenvalue weighted by molar-refractivity contribution is 6.10. The van der Waals surface area contributed by atoms with Crippen LogP contribution in [0.25, 0.3) is 123 Å². The number of hydrogen-bond donors (Lipinski definition) is 0. The van der Waals surface area contributed by atoms with Crippen molar-refractivity contribution in [3.8, 4) is 90.3 Å². The van der Waals surface area contributed by atoms with Crippen LogP contribution in [-0.4, -0.2) is 29.1 Å². The molecule has 0 amide bonds. The van der Waals surface area contributed by atoms with E-state index in [1.807, 2.05) is 12.1 Å². The van der Waals surface area contributed by atoms with E-state index in [2.05, 4.69) is 264 Å². The molecule has 1 spiro atoms. The van der Waals surface area contributed by atoms with E-state index in [0.717, 1.165) is 61.6 Å². The molecule has 6 nitrogen and oxygen atoms in total. The minimum Gasteiger partial charge on any atom is -0.309 e. The Morgan fingerprint density at radius 2 is 0.753 bits per heavy atom. The molecule has 0 unspecified atom stereocenters. The Labute approximate surface area is 444 Å². The lowest BCUT2D eigenvalue weighted by Crippen LogP contribution is -2.25. The summed E-state index contributed by atoms with van der Waals surface area (Å²) in [6.45, 7) is 0. The normalized spacial score (nSPS) is 12.8. The Hall–Kier alpha value is -10.3. The molecular weight excluding hydrogens is 937 g/mol. The van der Waals surface area contributed by atoms with Crippen molar-refractivity contribution in [3.05, 3.63) is 289 Å². The smallest absolute Gasteiger partial charge is 0.164 e. The summed E-state index contributed by atoms with van der Waals surface area (Å²) in [7, 11) is 0. The first-order valence-electron chi connectivity index (χ1n) is 26.2. The van der Waals surface area contributed by atoms with Gasteiger partial charge in [-0.1, -0.05) is 206 Å². The van der Waals surface area contributed by atoms with Crippen molar-refractivity contribution >= 4 is 32.8 Å². The second kappa shape index (κ2) is 16.9. The number of imidazole rings is 1. The first-order chi connectivity index (χ1) is 38.2. The summed E-state index contributed by atoms with van der Waals surface area (Å²) in [5, 5.41) is 2.43. The number of para-hydroxylation sites is 4. The summed E-state index contributed by atoms with van der Waals surface area (Å²) < 4.78 is 4.59. The first kappa shape index (κ1) is 43.1. The molecule has 16 rings (SSSR count). The predicted octanol–water partition coefficient (Wildman–Crippen LogP) is 17.0. The largest absolute Gasteiger partial charge is 0.309 e. The fourth-order valence-electron chi connectivity index (χ4n) is 12.7. The van der Waals surface area contributed by atoms with Gasteiger partial charge in [-0.05, 0) is 116 Å². The third kappa shape index (κ3) is 6.49. The molecule has 6 heteroatoms. The van der Waals surface area contributed by atoms with Gasteiger partial charge in [0.2, 0.25) is 0 Å². The summed E-state index contributed by atoms with van der Waals surface area (Å²) >= 11 is 0. The summed E-state index contributed by atoms with van der Waals surface area (Å²) in [6, 6.07) is 95.6. The third-order valence-corrected chi connectivity index (χ3v) is 16.0. The number of nitrogens with zero attached hydrogens (tertiary/aromatic N) is 6. The maximum atomic E-state index is 5.40. The molecule has 358 valence electrons. The van der Waals surface area contributed by atoms with E-state index >= 15 is 0 Å². The monoisotopic (exact) mass is 980 g/mol. The Bertz CT molecular complexity index is 4640. The zero-order valence-corrected chi connectivity index (χ0v) is 41.6. The minimum absolute atomic E-state index is 0.450. The fraction of sp³-hybridized carbons (Fsp3) is 0.0141. The molecule has 0 atom stereocenters. The molecule has 0 saturated carbocycles. The van der Waals surface area contributed by atoms with E-state index in [1.54, 1.807) is 0 Å². The standard InChI is InChI=1S/C71H44N6/c1-3-18-47(19-4-1)70-72-63-31-14-16-33-66(63)77(70)52-23-17-20-49(42-52)68-73-67(46-36-34-45(35-37-46)48-39-41-65-58(43-48)56-27-10-15-32-64(56)76(65)51-21-5-2-6-22-51)74-69(75-68)50-38-40-62-57(44-50)55-26-9-13-30-61(55)71(62)59-28-11-7-24-53(59)54-25-8-12-29-60(54)71/h1-44H. The second-order valence-corrected chi connectivity index (χ2v) is 20.1. The van der Waals surface area contributed by atoms with Gasteiger partial charge in [0, 0.05) is 44.4 Å². The Morgan fingerprint density at radius 3 is 1.47 bits per heavy atom. The molecule has 14 aromatic rings. The van der Waals surface area contributed by atoms with E-state index in [0.29, 0.717) is 17.5 Å². The van der Waals surface area contributed by atoms with Crippen molar-refractivity contribution in [1.82, 2.24) is 29.1 Å². The van der Waals surface area contributed by atoms with Crippen LogP contribution in [0.4, 0.5) is 0 Å². The molecule has 0 aliphatic heterocycles. The molecule has 0 radical (unpaired) electrons. The summed E-state index contributed by atoms with van der Waals surface area (Å²) in [5.41, 5.74) is 22.1. The van der Waals surface area contributed by atoms with Crippen molar-refractivity contribution < 1.29 is 0 Å². The molecule has 0 bridgehead atoms. The fourth-order valence-corrected chi connectivity index (χ4v) is 12.7. The third-order valence-electron chi connectivity index (χ3n) is 16.0. The van der Waals surface area contributed by atoms with Crippen LogP contribution in [0, 0.1) is 0 Å². The van der Waals surface area contributed by atoms with Crippen molar-refractivity contribution in [2.24, 2.45) is 0 Å². The maximum absolute atomic E-state index is 5.40. The quantitative estimate of drug-likeness (QED) is 0.160. The van der Waals surface area contributed by atoms with Crippen LogP contribution in [-0.2, 0) is 5.41 Å². The van der Waals surface area contributed by atoms with Crippen LogP contribution in [0.1, 0.15) is 22.3 Å². The average molecular weight is 981 g/mol. The second-order valence-electron chi connectivity index (χ2n) is 20.1. The minimum atomic E-state index is -0.450. The highest BCUT2D eigenvalue weighted by Gasteiger charge is 2.51. The molecule has 2 aliphatic rings. The molecule has 0 saturated heterocycles. The van der Waals surface area contributed by atoms with Gasteiger partial charge in [0.05, 0.1) is 27.5 Å². The van der Waals surface area contributed by atoms with Gasteiger partial charge in [-0.2, -0.15) is 0 Å². The van der Waals surface area contributed by atoms with Crippen molar-refractivity contribution in [2.75, 3.05) is 0 Å². The summed E-state index contributed by atoms with van der Waals surface area (Å²) in [6.07, 6.45) is 0. The van der Waals surface area contributed by atoms with Crippen molar-refractivity contribution in [3.63, 3.8) is 0 Å². The van der Waals surface area contributed by atoms with Crippen molar-refractivity contribution in [2.45, 2.75) is 5.41 Å². The van der Waals surface area contributed by atoms with Crippen LogP contribution >= 0.6 is 0 Å². The Balaban J connectivity index is 0.854.